The Morgan fingerprint density at radius 2 is 1.67 bits per heavy atom. The van der Waals surface area contributed by atoms with Crippen molar-refractivity contribution in [1.29, 1.82) is 0 Å². The van der Waals surface area contributed by atoms with E-state index in [4.69, 9.17) is 0 Å². The number of carbonyl (C=O) groups is 1. The van der Waals surface area contributed by atoms with Crippen molar-refractivity contribution in [3.63, 3.8) is 0 Å². The van der Waals surface area contributed by atoms with E-state index >= 15 is 0 Å². The van der Waals surface area contributed by atoms with Gasteiger partial charge >= 0.3 is 0 Å². The van der Waals surface area contributed by atoms with Gasteiger partial charge in [0.15, 0.2) is 9.84 Å². The number of amides is 1. The molecule has 1 amide bonds. The van der Waals surface area contributed by atoms with E-state index in [9.17, 15) is 21.6 Å². The summed E-state index contributed by atoms with van der Waals surface area (Å²) in [6.45, 7) is 0.603. The molecular formula is C20H23N3O5S2. The van der Waals surface area contributed by atoms with Crippen molar-refractivity contribution in [1.82, 2.24) is 4.72 Å². The van der Waals surface area contributed by atoms with Crippen molar-refractivity contribution < 1.29 is 21.6 Å². The number of nitrogens with one attached hydrogen (secondary N) is 2. The first-order valence-electron chi connectivity index (χ1n) is 9.43. The van der Waals surface area contributed by atoms with Crippen molar-refractivity contribution in [3.8, 4) is 0 Å². The second kappa shape index (κ2) is 8.97. The molecular weight excluding hydrogens is 426 g/mol. The molecule has 160 valence electrons. The van der Waals surface area contributed by atoms with Crippen LogP contribution in [0.1, 0.15) is 36.0 Å². The van der Waals surface area contributed by atoms with Crippen molar-refractivity contribution in [2.24, 2.45) is 4.99 Å². The van der Waals surface area contributed by atoms with Gasteiger partial charge in [-0.25, -0.2) is 16.8 Å². The molecule has 30 heavy (non-hydrogen) atoms. The van der Waals surface area contributed by atoms with Gasteiger partial charge in [0.05, 0.1) is 9.79 Å². The lowest BCUT2D eigenvalue weighted by Gasteiger charge is -2.11. The summed E-state index contributed by atoms with van der Waals surface area (Å²) in [7, 11) is -7.18. The molecule has 0 atom stereocenters. The van der Waals surface area contributed by atoms with Gasteiger partial charge in [0.1, 0.15) is 5.84 Å². The van der Waals surface area contributed by atoms with Crippen LogP contribution in [0, 0.1) is 0 Å². The van der Waals surface area contributed by atoms with Crippen molar-refractivity contribution in [2.45, 2.75) is 35.5 Å². The molecule has 2 aromatic carbocycles. The summed E-state index contributed by atoms with van der Waals surface area (Å²) in [5.41, 5.74) is 0.555. The largest absolute Gasteiger partial charge is 0.322 e. The average Bonchev–Trinajstić information content (AvgIpc) is 2.96. The molecule has 0 bridgehead atoms. The third kappa shape index (κ3) is 5.67. The van der Waals surface area contributed by atoms with E-state index in [0.29, 0.717) is 24.5 Å². The summed E-state index contributed by atoms with van der Waals surface area (Å²) in [5, 5.41) is 2.63. The number of carbonyl (C=O) groups excluding carboxylic acids is 1. The topological polar surface area (TPSA) is 122 Å². The average molecular weight is 450 g/mol. The number of amidine groups is 1. The zero-order chi connectivity index (χ0) is 21.8. The lowest BCUT2D eigenvalue weighted by atomic mass is 10.2. The predicted octanol–water partition coefficient (Wildman–Crippen LogP) is 2.59. The predicted molar refractivity (Wildman–Crippen MR) is 115 cm³/mol. The van der Waals surface area contributed by atoms with Gasteiger partial charge in [-0.2, -0.15) is 0 Å². The molecule has 1 heterocycles. The highest BCUT2D eigenvalue weighted by Crippen LogP contribution is 2.18. The molecule has 0 radical (unpaired) electrons. The lowest BCUT2D eigenvalue weighted by Crippen LogP contribution is -2.30. The van der Waals surface area contributed by atoms with Gasteiger partial charge in [0, 0.05) is 30.5 Å². The molecule has 10 heteroatoms. The smallest absolute Gasteiger partial charge is 0.262 e. The number of anilines is 1. The first-order valence-corrected chi connectivity index (χ1v) is 12.8. The van der Waals surface area contributed by atoms with Crippen LogP contribution in [0.3, 0.4) is 0 Å². The Balaban J connectivity index is 1.74. The van der Waals surface area contributed by atoms with E-state index in [1.54, 1.807) is 6.07 Å². The van der Waals surface area contributed by atoms with Crippen LogP contribution in [0.2, 0.25) is 0 Å². The Morgan fingerprint density at radius 3 is 2.37 bits per heavy atom. The third-order valence-corrected chi connectivity index (χ3v) is 7.08. The van der Waals surface area contributed by atoms with E-state index in [1.807, 2.05) is 0 Å². The number of benzene rings is 2. The van der Waals surface area contributed by atoms with Gasteiger partial charge in [-0.05, 0) is 55.3 Å². The van der Waals surface area contributed by atoms with Gasteiger partial charge in [-0.1, -0.05) is 12.5 Å². The molecule has 2 aromatic rings. The molecule has 0 saturated carbocycles. The summed E-state index contributed by atoms with van der Waals surface area (Å²) < 4.78 is 51.0. The fourth-order valence-electron chi connectivity index (χ4n) is 2.97. The number of hydrogen-bond donors (Lipinski definition) is 2. The number of sulfone groups is 1. The molecule has 0 fully saturated rings. The Hall–Kier alpha value is -2.72. The number of rotatable bonds is 5. The number of nitrogens with zero attached hydrogens (tertiary/aromatic N) is 1. The molecule has 2 N–H and O–H groups in total. The quantitative estimate of drug-likeness (QED) is 0.727. The van der Waals surface area contributed by atoms with Crippen LogP contribution in [0.5, 0.6) is 0 Å². The molecule has 0 aliphatic carbocycles. The van der Waals surface area contributed by atoms with Gasteiger partial charge < -0.3 is 5.32 Å². The number of sulfonamides is 1. The summed E-state index contributed by atoms with van der Waals surface area (Å²) in [5.74, 6) is -0.0291. The monoisotopic (exact) mass is 449 g/mol. The lowest BCUT2D eigenvalue weighted by molar-refractivity contribution is 0.102. The highest BCUT2D eigenvalue weighted by atomic mass is 32.2. The minimum absolute atomic E-state index is 0.0136. The maximum absolute atomic E-state index is 12.7. The molecule has 0 aromatic heterocycles. The van der Waals surface area contributed by atoms with Gasteiger partial charge in [0.25, 0.3) is 15.9 Å². The Bertz CT molecular complexity index is 1170. The maximum atomic E-state index is 12.7. The second-order valence-electron chi connectivity index (χ2n) is 7.02. The van der Waals surface area contributed by atoms with Gasteiger partial charge in [-0.3, -0.25) is 14.5 Å². The van der Waals surface area contributed by atoms with Crippen molar-refractivity contribution in [2.75, 3.05) is 18.1 Å². The second-order valence-corrected chi connectivity index (χ2v) is 10.7. The highest BCUT2D eigenvalue weighted by molar-refractivity contribution is 7.90. The molecule has 0 spiro atoms. The van der Waals surface area contributed by atoms with Crippen molar-refractivity contribution in [3.05, 3.63) is 54.1 Å². The van der Waals surface area contributed by atoms with Gasteiger partial charge in [-0.15, -0.1) is 0 Å². The van der Waals surface area contributed by atoms with E-state index in [2.05, 4.69) is 15.0 Å². The third-order valence-electron chi connectivity index (χ3n) is 4.57. The Kier molecular flexibility index (Phi) is 6.57. The van der Waals surface area contributed by atoms with E-state index < -0.39 is 25.8 Å². The molecule has 0 saturated heterocycles. The maximum Gasteiger partial charge on any atom is 0.262 e. The zero-order valence-electron chi connectivity index (χ0n) is 16.5. The fraction of sp³-hybridized carbons (Fsp3) is 0.300. The molecule has 1 aliphatic rings. The van der Waals surface area contributed by atoms with Gasteiger partial charge in [0.2, 0.25) is 0 Å². The highest BCUT2D eigenvalue weighted by Gasteiger charge is 2.18. The Morgan fingerprint density at radius 1 is 0.933 bits per heavy atom. The first-order chi connectivity index (χ1) is 14.1. The van der Waals surface area contributed by atoms with Crippen LogP contribution in [-0.4, -0.2) is 41.4 Å². The molecule has 0 unspecified atom stereocenters. The minimum atomic E-state index is -3.82. The summed E-state index contributed by atoms with van der Waals surface area (Å²) in [4.78, 5) is 16.9. The Labute approximate surface area is 176 Å². The standard InChI is InChI=1S/C20H23N3O5S2/c1-29(25,26)17-11-9-15(10-12-17)20(24)22-16-6-5-7-18(14-16)30(27,28)23-19-8-3-2-4-13-21-19/h5-7,9-12,14H,2-4,8,13H2,1H3,(H,21,23)(H,22,24). The molecule has 3 rings (SSSR count). The van der Waals surface area contributed by atoms with Crippen LogP contribution in [0.25, 0.3) is 0 Å². The van der Waals surface area contributed by atoms with E-state index in [-0.39, 0.29) is 15.4 Å². The van der Waals surface area contributed by atoms with Crippen LogP contribution in [0.4, 0.5) is 5.69 Å². The number of hydrogen-bond acceptors (Lipinski definition) is 6. The summed E-state index contributed by atoms with van der Waals surface area (Å²) in [6, 6.07) is 11.4. The van der Waals surface area contributed by atoms with Crippen LogP contribution in [0.15, 0.2) is 63.3 Å². The first kappa shape index (κ1) is 22.0. The van der Waals surface area contributed by atoms with Crippen molar-refractivity contribution >= 4 is 37.3 Å². The summed E-state index contributed by atoms with van der Waals surface area (Å²) >= 11 is 0. The zero-order valence-corrected chi connectivity index (χ0v) is 18.1. The molecule has 8 nitrogen and oxygen atoms in total. The van der Waals surface area contributed by atoms with Crippen LogP contribution < -0.4 is 10.0 Å². The van der Waals surface area contributed by atoms with Crippen LogP contribution in [-0.2, 0) is 19.9 Å². The number of aliphatic imine (C=N–C) groups is 1. The van der Waals surface area contributed by atoms with E-state index in [1.165, 1.54) is 42.5 Å². The normalized spacial score (nSPS) is 15.0. The minimum Gasteiger partial charge on any atom is -0.322 e. The SMILES string of the molecule is CS(=O)(=O)c1ccc(C(=O)Nc2cccc(S(=O)(=O)NC3=NCCCCC3)c2)cc1. The van der Waals surface area contributed by atoms with E-state index in [0.717, 1.165) is 25.5 Å². The molecule has 1 aliphatic heterocycles. The van der Waals surface area contributed by atoms with Crippen LogP contribution >= 0.6 is 0 Å². The summed E-state index contributed by atoms with van der Waals surface area (Å²) in [6.07, 6.45) is 4.51. The fourth-order valence-corrected chi connectivity index (χ4v) is 4.73.